The molecular formula is C11H20N2O. The molecule has 1 fully saturated rings. The molecule has 2 rings (SSSR count). The first-order chi connectivity index (χ1) is 6.52. The Kier molecular flexibility index (Phi) is 2.30. The van der Waals surface area contributed by atoms with E-state index in [0.717, 1.165) is 32.4 Å². The molecule has 3 nitrogen and oxygen atoms in total. The van der Waals surface area contributed by atoms with Crippen LogP contribution in [0.1, 0.15) is 40.0 Å². The molecule has 0 unspecified atom stereocenters. The minimum atomic E-state index is 0.0356. The van der Waals surface area contributed by atoms with Crippen LogP contribution in [0.25, 0.3) is 0 Å². The summed E-state index contributed by atoms with van der Waals surface area (Å²) in [5.41, 5.74) is 1.42. The van der Waals surface area contributed by atoms with Crippen LogP contribution in [0.5, 0.6) is 0 Å². The third kappa shape index (κ3) is 1.78. The van der Waals surface area contributed by atoms with Gasteiger partial charge in [-0.2, -0.15) is 0 Å². The van der Waals surface area contributed by atoms with Crippen molar-refractivity contribution in [3.63, 3.8) is 0 Å². The second-order valence-electron chi connectivity index (χ2n) is 5.49. The van der Waals surface area contributed by atoms with E-state index in [4.69, 9.17) is 4.84 Å². The number of hydrogen-bond donors (Lipinski definition) is 1. The van der Waals surface area contributed by atoms with Crippen molar-refractivity contribution in [3.05, 3.63) is 0 Å². The highest BCUT2D eigenvalue weighted by Gasteiger charge is 2.42. The highest BCUT2D eigenvalue weighted by atomic mass is 16.7. The molecule has 1 spiro atoms. The fourth-order valence-electron chi connectivity index (χ4n) is 2.07. The van der Waals surface area contributed by atoms with E-state index in [0.29, 0.717) is 0 Å². The van der Waals surface area contributed by atoms with Crippen molar-refractivity contribution in [1.82, 2.24) is 5.32 Å². The molecule has 0 bridgehead atoms. The maximum Gasteiger partial charge on any atom is 0.145 e. The van der Waals surface area contributed by atoms with E-state index in [1.165, 1.54) is 5.71 Å². The van der Waals surface area contributed by atoms with Gasteiger partial charge in [0, 0.05) is 24.7 Å². The summed E-state index contributed by atoms with van der Waals surface area (Å²) in [6.45, 7) is 8.74. The molecule has 80 valence electrons. The first-order valence-electron chi connectivity index (χ1n) is 5.48. The average Bonchev–Trinajstić information content (AvgIpc) is 2.50. The van der Waals surface area contributed by atoms with Gasteiger partial charge in [-0.1, -0.05) is 25.9 Å². The van der Waals surface area contributed by atoms with E-state index in [2.05, 4.69) is 31.2 Å². The van der Waals surface area contributed by atoms with Crippen molar-refractivity contribution >= 4 is 5.71 Å². The van der Waals surface area contributed by atoms with Gasteiger partial charge in [0.1, 0.15) is 5.60 Å². The molecule has 2 heterocycles. The number of hydrogen-bond acceptors (Lipinski definition) is 3. The summed E-state index contributed by atoms with van der Waals surface area (Å²) in [7, 11) is 0. The van der Waals surface area contributed by atoms with E-state index >= 15 is 0 Å². The lowest BCUT2D eigenvalue weighted by Gasteiger charge is -2.31. The molecule has 0 aromatic carbocycles. The van der Waals surface area contributed by atoms with Gasteiger partial charge < -0.3 is 10.2 Å². The zero-order chi connectivity index (χ0) is 10.2. The minimum Gasteiger partial charge on any atom is -0.389 e. The minimum absolute atomic E-state index is 0.0356. The summed E-state index contributed by atoms with van der Waals surface area (Å²) < 4.78 is 0. The van der Waals surface area contributed by atoms with Gasteiger partial charge in [0.25, 0.3) is 0 Å². The highest BCUT2D eigenvalue weighted by Crippen LogP contribution is 2.37. The summed E-state index contributed by atoms with van der Waals surface area (Å²) in [5, 5.41) is 7.63. The number of rotatable bonds is 0. The number of nitrogens with zero attached hydrogens (tertiary/aromatic N) is 1. The van der Waals surface area contributed by atoms with Crippen molar-refractivity contribution in [1.29, 1.82) is 0 Å². The van der Waals surface area contributed by atoms with E-state index < -0.39 is 0 Å². The second-order valence-corrected chi connectivity index (χ2v) is 5.49. The van der Waals surface area contributed by atoms with E-state index in [1.807, 2.05) is 0 Å². The summed E-state index contributed by atoms with van der Waals surface area (Å²) in [6.07, 6.45) is 3.21. The van der Waals surface area contributed by atoms with Crippen molar-refractivity contribution in [2.24, 2.45) is 10.6 Å². The fourth-order valence-corrected chi connectivity index (χ4v) is 2.07. The van der Waals surface area contributed by atoms with Crippen LogP contribution in [-0.4, -0.2) is 24.4 Å². The van der Waals surface area contributed by atoms with Crippen LogP contribution in [0, 0.1) is 5.41 Å². The van der Waals surface area contributed by atoms with Gasteiger partial charge in [0.2, 0.25) is 0 Å². The summed E-state index contributed by atoms with van der Waals surface area (Å²) in [5.74, 6) is 0. The van der Waals surface area contributed by atoms with Gasteiger partial charge >= 0.3 is 0 Å². The molecule has 1 N–H and O–H groups in total. The quantitative estimate of drug-likeness (QED) is 0.642. The lowest BCUT2D eigenvalue weighted by molar-refractivity contribution is -0.0400. The van der Waals surface area contributed by atoms with Crippen LogP contribution in [0.2, 0.25) is 0 Å². The molecule has 0 radical (unpaired) electrons. The SMILES string of the molecule is CC(C)(C)C1=NOC2(CCNCC2)C1. The highest BCUT2D eigenvalue weighted by molar-refractivity contribution is 5.90. The first-order valence-corrected chi connectivity index (χ1v) is 5.48. The molecular weight excluding hydrogens is 176 g/mol. The van der Waals surface area contributed by atoms with Gasteiger partial charge in [-0.15, -0.1) is 0 Å². The molecule has 0 atom stereocenters. The summed E-state index contributed by atoms with van der Waals surface area (Å²) in [6, 6.07) is 0. The van der Waals surface area contributed by atoms with Gasteiger partial charge in [-0.3, -0.25) is 0 Å². The zero-order valence-corrected chi connectivity index (χ0v) is 9.39. The summed E-state index contributed by atoms with van der Waals surface area (Å²) in [4.78, 5) is 5.67. The van der Waals surface area contributed by atoms with Crippen molar-refractivity contribution in [2.75, 3.05) is 13.1 Å². The molecule has 14 heavy (non-hydrogen) atoms. The van der Waals surface area contributed by atoms with Crippen molar-refractivity contribution < 1.29 is 4.84 Å². The normalized spacial score (nSPS) is 26.1. The predicted molar refractivity (Wildman–Crippen MR) is 57.4 cm³/mol. The van der Waals surface area contributed by atoms with Crippen molar-refractivity contribution in [3.8, 4) is 0 Å². The smallest absolute Gasteiger partial charge is 0.145 e. The average molecular weight is 196 g/mol. The molecule has 0 aromatic heterocycles. The maximum atomic E-state index is 5.67. The largest absolute Gasteiger partial charge is 0.389 e. The predicted octanol–water partition coefficient (Wildman–Crippen LogP) is 1.93. The fraction of sp³-hybridized carbons (Fsp3) is 0.909. The Labute approximate surface area is 85.9 Å². The van der Waals surface area contributed by atoms with Gasteiger partial charge in [-0.05, 0) is 13.1 Å². The van der Waals surface area contributed by atoms with E-state index in [1.54, 1.807) is 0 Å². The number of nitrogens with one attached hydrogen (secondary N) is 1. The molecule has 0 amide bonds. The molecule has 2 aliphatic rings. The Morgan fingerprint density at radius 3 is 2.43 bits per heavy atom. The van der Waals surface area contributed by atoms with Crippen LogP contribution in [-0.2, 0) is 4.84 Å². The summed E-state index contributed by atoms with van der Waals surface area (Å²) >= 11 is 0. The van der Waals surface area contributed by atoms with Crippen LogP contribution < -0.4 is 5.32 Å². The molecule has 1 saturated heterocycles. The molecule has 3 heteroatoms. The van der Waals surface area contributed by atoms with Crippen molar-refractivity contribution in [2.45, 2.75) is 45.6 Å². The third-order valence-corrected chi connectivity index (χ3v) is 3.22. The van der Waals surface area contributed by atoms with Gasteiger partial charge in [-0.25, -0.2) is 0 Å². The topological polar surface area (TPSA) is 33.6 Å². The van der Waals surface area contributed by atoms with Crippen LogP contribution >= 0.6 is 0 Å². The Bertz CT molecular complexity index is 247. The zero-order valence-electron chi connectivity index (χ0n) is 9.39. The Hall–Kier alpha value is -0.570. The van der Waals surface area contributed by atoms with E-state index in [9.17, 15) is 0 Å². The second kappa shape index (κ2) is 3.23. The molecule has 0 saturated carbocycles. The lowest BCUT2D eigenvalue weighted by atomic mass is 9.80. The number of oxime groups is 1. The Balaban J connectivity index is 2.03. The van der Waals surface area contributed by atoms with Crippen LogP contribution in [0.4, 0.5) is 0 Å². The Morgan fingerprint density at radius 2 is 1.93 bits per heavy atom. The standard InChI is InChI=1S/C11H20N2O/c1-10(2,3)9-8-11(14-13-9)4-6-12-7-5-11/h12H,4-8H2,1-3H3. The molecule has 0 aromatic rings. The van der Waals surface area contributed by atoms with Gasteiger partial charge in [0.15, 0.2) is 0 Å². The monoisotopic (exact) mass is 196 g/mol. The maximum absolute atomic E-state index is 5.67. The molecule has 0 aliphatic carbocycles. The van der Waals surface area contributed by atoms with Gasteiger partial charge in [0.05, 0.1) is 5.71 Å². The van der Waals surface area contributed by atoms with Crippen LogP contribution in [0.15, 0.2) is 5.16 Å². The Morgan fingerprint density at radius 1 is 1.29 bits per heavy atom. The first kappa shape index (κ1) is 9.97. The van der Waals surface area contributed by atoms with Crippen LogP contribution in [0.3, 0.4) is 0 Å². The lowest BCUT2D eigenvalue weighted by Crippen LogP contribution is -2.42. The van der Waals surface area contributed by atoms with E-state index in [-0.39, 0.29) is 11.0 Å². The number of piperidine rings is 1. The molecule has 2 aliphatic heterocycles. The third-order valence-electron chi connectivity index (χ3n) is 3.22.